The van der Waals surface area contributed by atoms with Gasteiger partial charge in [0.15, 0.2) is 0 Å². The van der Waals surface area contributed by atoms with Gasteiger partial charge in [-0.05, 0) is 75.9 Å². The van der Waals surface area contributed by atoms with E-state index in [0.29, 0.717) is 24.0 Å². The van der Waals surface area contributed by atoms with Gasteiger partial charge in [0, 0.05) is 12.6 Å². The van der Waals surface area contributed by atoms with Crippen molar-refractivity contribution in [3.8, 4) is 0 Å². The molecule has 0 spiro atoms. The molecule has 1 aliphatic rings. The largest absolute Gasteiger partial charge is 0.396 e. The number of hydrogen-bond donors (Lipinski definition) is 2. The monoisotopic (exact) mass is 284 g/mol. The van der Waals surface area contributed by atoms with E-state index >= 15 is 0 Å². The minimum atomic E-state index is 0.324. The van der Waals surface area contributed by atoms with Crippen LogP contribution in [0, 0.1) is 17.3 Å². The molecule has 0 aromatic rings. The highest BCUT2D eigenvalue weighted by Crippen LogP contribution is 2.41. The number of aliphatic hydroxyl groups excluding tert-OH is 1. The molecule has 3 heteroatoms. The van der Waals surface area contributed by atoms with Gasteiger partial charge in [0.2, 0.25) is 0 Å². The number of rotatable bonds is 7. The summed E-state index contributed by atoms with van der Waals surface area (Å²) in [6.45, 7) is 9.40. The zero-order chi connectivity index (χ0) is 15.2. The smallest absolute Gasteiger partial charge is 0.0431 e. The van der Waals surface area contributed by atoms with E-state index in [1.165, 1.54) is 25.7 Å². The van der Waals surface area contributed by atoms with Gasteiger partial charge >= 0.3 is 0 Å². The van der Waals surface area contributed by atoms with Crippen LogP contribution in [-0.2, 0) is 0 Å². The maximum absolute atomic E-state index is 8.85. The van der Waals surface area contributed by atoms with E-state index in [0.717, 1.165) is 31.8 Å². The average molecular weight is 284 g/mol. The van der Waals surface area contributed by atoms with Gasteiger partial charge < -0.3 is 15.7 Å². The molecule has 1 aliphatic carbocycles. The van der Waals surface area contributed by atoms with Crippen molar-refractivity contribution in [3.05, 3.63) is 0 Å². The first-order valence-corrected chi connectivity index (χ1v) is 8.41. The average Bonchev–Trinajstić information content (AvgIpc) is 2.41. The van der Waals surface area contributed by atoms with Gasteiger partial charge in [-0.25, -0.2) is 0 Å². The molecule has 0 radical (unpaired) electrons. The van der Waals surface area contributed by atoms with Crippen LogP contribution in [0.15, 0.2) is 0 Å². The molecule has 0 amide bonds. The first-order valence-electron chi connectivity index (χ1n) is 8.41. The van der Waals surface area contributed by atoms with Gasteiger partial charge in [-0.3, -0.25) is 0 Å². The Morgan fingerprint density at radius 3 is 2.40 bits per heavy atom. The van der Waals surface area contributed by atoms with Crippen molar-refractivity contribution >= 4 is 0 Å². The van der Waals surface area contributed by atoms with Gasteiger partial charge in [-0.1, -0.05) is 20.8 Å². The molecule has 0 aromatic carbocycles. The summed E-state index contributed by atoms with van der Waals surface area (Å²) in [5.74, 6) is 1.48. The van der Waals surface area contributed by atoms with Crippen molar-refractivity contribution in [2.75, 3.05) is 26.7 Å². The lowest BCUT2D eigenvalue weighted by atomic mass is 9.67. The molecule has 0 aliphatic heterocycles. The predicted octanol–water partition coefficient (Wildman–Crippen LogP) is 2.87. The second kappa shape index (κ2) is 8.35. The van der Waals surface area contributed by atoms with Crippen molar-refractivity contribution in [2.24, 2.45) is 23.0 Å². The lowest BCUT2D eigenvalue weighted by Gasteiger charge is -2.45. The van der Waals surface area contributed by atoms with Gasteiger partial charge in [-0.15, -0.1) is 0 Å². The molecule has 1 rings (SSSR count). The number of nitrogens with two attached hydrogens (primary N) is 1. The Balaban J connectivity index is 2.52. The number of unbranched alkanes of at least 4 members (excludes halogenated alkanes) is 2. The first-order chi connectivity index (χ1) is 9.40. The fraction of sp³-hybridized carbons (Fsp3) is 1.00. The fourth-order valence-corrected chi connectivity index (χ4v) is 3.63. The van der Waals surface area contributed by atoms with Crippen LogP contribution in [0.4, 0.5) is 0 Å². The van der Waals surface area contributed by atoms with Crippen molar-refractivity contribution in [1.82, 2.24) is 4.90 Å². The van der Waals surface area contributed by atoms with E-state index in [-0.39, 0.29) is 0 Å². The SMILES string of the molecule is CN(CCCCCO)C1CC(C(C)(C)C)CCC1CN. The summed E-state index contributed by atoms with van der Waals surface area (Å²) in [5.41, 5.74) is 6.41. The minimum Gasteiger partial charge on any atom is -0.396 e. The zero-order valence-electron chi connectivity index (χ0n) is 14.1. The van der Waals surface area contributed by atoms with E-state index < -0.39 is 0 Å². The van der Waals surface area contributed by atoms with Crippen molar-refractivity contribution in [3.63, 3.8) is 0 Å². The summed E-state index contributed by atoms with van der Waals surface area (Å²) in [4.78, 5) is 2.53. The Bertz CT molecular complexity index is 262. The summed E-state index contributed by atoms with van der Waals surface area (Å²) < 4.78 is 0. The fourth-order valence-electron chi connectivity index (χ4n) is 3.63. The topological polar surface area (TPSA) is 49.5 Å². The molecular weight excluding hydrogens is 248 g/mol. The quantitative estimate of drug-likeness (QED) is 0.707. The van der Waals surface area contributed by atoms with E-state index in [4.69, 9.17) is 10.8 Å². The molecule has 0 bridgehead atoms. The maximum atomic E-state index is 8.85. The summed E-state index contributed by atoms with van der Waals surface area (Å²) in [5, 5.41) is 8.85. The Morgan fingerprint density at radius 1 is 1.15 bits per heavy atom. The standard InChI is InChI=1S/C17H36N2O/c1-17(2,3)15-9-8-14(13-18)16(12-15)19(4)10-6-5-7-11-20/h14-16,20H,5-13,18H2,1-4H3. The molecule has 120 valence electrons. The van der Waals surface area contributed by atoms with Gasteiger partial charge in [-0.2, -0.15) is 0 Å². The van der Waals surface area contributed by atoms with E-state index in [1.54, 1.807) is 0 Å². The molecule has 3 N–H and O–H groups in total. The van der Waals surface area contributed by atoms with Crippen LogP contribution < -0.4 is 5.73 Å². The van der Waals surface area contributed by atoms with Crippen LogP contribution in [0.3, 0.4) is 0 Å². The number of nitrogens with zero attached hydrogens (tertiary/aromatic N) is 1. The molecule has 3 nitrogen and oxygen atoms in total. The molecule has 1 saturated carbocycles. The highest BCUT2D eigenvalue weighted by molar-refractivity contribution is 4.90. The Labute approximate surface area is 125 Å². The third-order valence-corrected chi connectivity index (χ3v) is 5.22. The zero-order valence-corrected chi connectivity index (χ0v) is 14.1. The molecule has 3 unspecified atom stereocenters. The number of aliphatic hydroxyl groups is 1. The van der Waals surface area contributed by atoms with Crippen LogP contribution in [0.1, 0.15) is 59.3 Å². The lowest BCUT2D eigenvalue weighted by molar-refractivity contribution is 0.0582. The Hall–Kier alpha value is -0.120. The van der Waals surface area contributed by atoms with Crippen LogP contribution >= 0.6 is 0 Å². The summed E-state index contributed by atoms with van der Waals surface area (Å²) in [6.07, 6.45) is 7.16. The summed E-state index contributed by atoms with van der Waals surface area (Å²) in [6, 6.07) is 0.645. The highest BCUT2D eigenvalue weighted by atomic mass is 16.2. The molecule has 0 saturated heterocycles. The normalized spacial score (nSPS) is 28.1. The highest BCUT2D eigenvalue weighted by Gasteiger charge is 2.36. The van der Waals surface area contributed by atoms with E-state index in [1.807, 2.05) is 0 Å². The third-order valence-electron chi connectivity index (χ3n) is 5.22. The lowest BCUT2D eigenvalue weighted by Crippen LogP contribution is -2.47. The molecule has 0 heterocycles. The molecule has 1 fully saturated rings. The van der Waals surface area contributed by atoms with Crippen molar-refractivity contribution < 1.29 is 5.11 Å². The van der Waals surface area contributed by atoms with Crippen LogP contribution in [0.2, 0.25) is 0 Å². The molecule has 20 heavy (non-hydrogen) atoms. The second-order valence-electron chi connectivity index (χ2n) is 7.70. The number of hydrogen-bond acceptors (Lipinski definition) is 3. The Kier molecular flexibility index (Phi) is 7.49. The van der Waals surface area contributed by atoms with Crippen molar-refractivity contribution in [1.29, 1.82) is 0 Å². The van der Waals surface area contributed by atoms with E-state index in [2.05, 4.69) is 32.7 Å². The van der Waals surface area contributed by atoms with Crippen LogP contribution in [0.25, 0.3) is 0 Å². The van der Waals surface area contributed by atoms with Gasteiger partial charge in [0.05, 0.1) is 0 Å². The molecular formula is C17H36N2O. The first kappa shape index (κ1) is 17.9. The molecule has 3 atom stereocenters. The van der Waals surface area contributed by atoms with Gasteiger partial charge in [0.1, 0.15) is 0 Å². The minimum absolute atomic E-state index is 0.324. The van der Waals surface area contributed by atoms with E-state index in [9.17, 15) is 0 Å². The van der Waals surface area contributed by atoms with Gasteiger partial charge in [0.25, 0.3) is 0 Å². The van der Waals surface area contributed by atoms with Crippen LogP contribution in [-0.4, -0.2) is 42.8 Å². The summed E-state index contributed by atoms with van der Waals surface area (Å²) in [7, 11) is 2.26. The molecule has 0 aromatic heterocycles. The summed E-state index contributed by atoms with van der Waals surface area (Å²) >= 11 is 0. The maximum Gasteiger partial charge on any atom is 0.0431 e. The van der Waals surface area contributed by atoms with Crippen LogP contribution in [0.5, 0.6) is 0 Å². The van der Waals surface area contributed by atoms with Crippen molar-refractivity contribution in [2.45, 2.75) is 65.3 Å². The third kappa shape index (κ3) is 5.34. The Morgan fingerprint density at radius 2 is 1.85 bits per heavy atom. The predicted molar refractivity (Wildman–Crippen MR) is 86.7 cm³/mol. The second-order valence-corrected chi connectivity index (χ2v) is 7.70.